The number of carbonyl (C=O) groups is 1. The summed E-state index contributed by atoms with van der Waals surface area (Å²) >= 11 is 1.53. The summed E-state index contributed by atoms with van der Waals surface area (Å²) in [7, 11) is 0. The van der Waals surface area contributed by atoms with Crippen LogP contribution in [0.4, 0.5) is 5.69 Å². The third kappa shape index (κ3) is 6.36. The summed E-state index contributed by atoms with van der Waals surface area (Å²) in [5, 5.41) is 12.3. The van der Waals surface area contributed by atoms with Gasteiger partial charge in [0.1, 0.15) is 0 Å². The maximum absolute atomic E-state index is 11.9. The summed E-state index contributed by atoms with van der Waals surface area (Å²) in [6.07, 6.45) is 10.5. The van der Waals surface area contributed by atoms with E-state index in [4.69, 9.17) is 5.21 Å². The molecule has 0 heterocycles. The topological polar surface area (TPSA) is 61.4 Å². The van der Waals surface area contributed by atoms with Crippen LogP contribution >= 0.6 is 11.8 Å². The van der Waals surface area contributed by atoms with Gasteiger partial charge in [0, 0.05) is 16.6 Å². The number of carbonyl (C=O) groups excluding carboxylic acids is 1. The number of hydroxylamine groups is 1. The maximum Gasteiger partial charge on any atom is 0.256 e. The average Bonchev–Trinajstić information content (AvgIpc) is 3.11. The van der Waals surface area contributed by atoms with Crippen LogP contribution in [-0.2, 0) is 4.79 Å². The Hall–Kier alpha value is -1.20. The molecule has 0 aliphatic heterocycles. The monoisotopic (exact) mass is 350 g/mol. The molecule has 1 aliphatic carbocycles. The van der Waals surface area contributed by atoms with E-state index in [9.17, 15) is 4.79 Å². The lowest BCUT2D eigenvalue weighted by Gasteiger charge is -2.16. The third-order valence-corrected chi connectivity index (χ3v) is 5.86. The number of unbranched alkanes of at least 4 members (excludes halogenated alkanes) is 3. The van der Waals surface area contributed by atoms with Crippen molar-refractivity contribution in [2.24, 2.45) is 0 Å². The summed E-state index contributed by atoms with van der Waals surface area (Å²) in [4.78, 5) is 12.9. The van der Waals surface area contributed by atoms with Gasteiger partial charge in [0.15, 0.2) is 0 Å². The second-order valence-electron chi connectivity index (χ2n) is 6.58. The molecule has 5 heteroatoms. The van der Waals surface area contributed by atoms with Crippen LogP contribution in [0.2, 0.25) is 0 Å². The number of benzene rings is 1. The van der Waals surface area contributed by atoms with Gasteiger partial charge in [-0.05, 0) is 43.5 Å². The Balaban J connectivity index is 1.86. The molecule has 1 aliphatic rings. The first-order valence-corrected chi connectivity index (χ1v) is 10.1. The molecule has 2 rings (SSSR count). The molecular formula is C19H30N2O2S. The van der Waals surface area contributed by atoms with Crippen LogP contribution < -0.4 is 10.8 Å². The molecule has 24 heavy (non-hydrogen) atoms. The summed E-state index contributed by atoms with van der Waals surface area (Å²) in [6, 6.07) is 8.91. The van der Waals surface area contributed by atoms with E-state index in [2.05, 4.69) is 36.5 Å². The molecule has 1 amide bonds. The first-order valence-electron chi connectivity index (χ1n) is 9.20. The van der Waals surface area contributed by atoms with Gasteiger partial charge < -0.3 is 5.32 Å². The Morgan fingerprint density at radius 1 is 1.21 bits per heavy atom. The number of hydrogen-bond acceptors (Lipinski definition) is 4. The van der Waals surface area contributed by atoms with E-state index in [-0.39, 0.29) is 11.2 Å². The molecule has 1 atom stereocenters. The van der Waals surface area contributed by atoms with Crippen molar-refractivity contribution >= 4 is 23.4 Å². The minimum atomic E-state index is -0.301. The summed E-state index contributed by atoms with van der Waals surface area (Å²) in [6.45, 7) is 2.17. The van der Waals surface area contributed by atoms with Gasteiger partial charge in [-0.2, -0.15) is 0 Å². The van der Waals surface area contributed by atoms with Crippen LogP contribution in [0.5, 0.6) is 0 Å². The molecule has 1 aromatic carbocycles. The second-order valence-corrected chi connectivity index (χ2v) is 7.86. The van der Waals surface area contributed by atoms with Gasteiger partial charge in [-0.25, -0.2) is 5.48 Å². The molecule has 134 valence electrons. The fourth-order valence-electron chi connectivity index (χ4n) is 3.17. The number of rotatable bonds is 10. The van der Waals surface area contributed by atoms with Gasteiger partial charge in [-0.3, -0.25) is 10.0 Å². The van der Waals surface area contributed by atoms with Crippen molar-refractivity contribution in [1.82, 2.24) is 5.48 Å². The molecule has 1 aromatic rings. The number of amides is 1. The lowest BCUT2D eigenvalue weighted by atomic mass is 10.1. The quantitative estimate of drug-likeness (QED) is 0.241. The predicted octanol–water partition coefficient (Wildman–Crippen LogP) is 4.98. The molecule has 1 fully saturated rings. The van der Waals surface area contributed by atoms with E-state index < -0.39 is 0 Å². The third-order valence-electron chi connectivity index (χ3n) is 4.58. The highest BCUT2D eigenvalue weighted by Gasteiger charge is 2.19. The van der Waals surface area contributed by atoms with Crippen molar-refractivity contribution < 1.29 is 10.0 Å². The number of nitrogens with one attached hydrogen (secondary N) is 2. The Bertz CT molecular complexity index is 487. The zero-order valence-electron chi connectivity index (χ0n) is 14.6. The maximum atomic E-state index is 11.9. The van der Waals surface area contributed by atoms with Gasteiger partial charge in [-0.1, -0.05) is 45.4 Å². The van der Waals surface area contributed by atoms with Crippen LogP contribution in [0.1, 0.15) is 64.7 Å². The van der Waals surface area contributed by atoms with E-state index in [0.717, 1.165) is 29.8 Å². The molecule has 0 spiro atoms. The van der Waals surface area contributed by atoms with E-state index in [1.807, 2.05) is 5.48 Å². The van der Waals surface area contributed by atoms with Gasteiger partial charge in [0.05, 0.1) is 5.25 Å². The summed E-state index contributed by atoms with van der Waals surface area (Å²) < 4.78 is 0. The second kappa shape index (κ2) is 10.6. The highest BCUT2D eigenvalue weighted by atomic mass is 32.2. The Labute approximate surface area is 149 Å². The van der Waals surface area contributed by atoms with Crippen molar-refractivity contribution in [2.45, 2.75) is 80.9 Å². The standard InChI is InChI=1S/C19H30N2O2S/c1-2-3-4-5-10-18(19(22)21-23)24-17-13-11-16(12-14-17)20-15-8-6-7-9-15/h11-15,18,20,23H,2-10H2,1H3,(H,21,22). The molecule has 3 N–H and O–H groups in total. The summed E-state index contributed by atoms with van der Waals surface area (Å²) in [5.41, 5.74) is 2.96. The molecule has 0 bridgehead atoms. The van der Waals surface area contributed by atoms with Crippen LogP contribution in [0.3, 0.4) is 0 Å². The Kier molecular flexibility index (Phi) is 8.47. The summed E-state index contributed by atoms with van der Waals surface area (Å²) in [5.74, 6) is -0.301. The normalized spacial score (nSPS) is 16.1. The van der Waals surface area contributed by atoms with Crippen LogP contribution in [0, 0.1) is 0 Å². The Morgan fingerprint density at radius 3 is 2.54 bits per heavy atom. The van der Waals surface area contributed by atoms with Gasteiger partial charge in [-0.15, -0.1) is 11.8 Å². The fraction of sp³-hybridized carbons (Fsp3) is 0.632. The average molecular weight is 351 g/mol. The van der Waals surface area contributed by atoms with E-state index in [1.54, 1.807) is 0 Å². The molecule has 1 saturated carbocycles. The van der Waals surface area contributed by atoms with Crippen molar-refractivity contribution in [1.29, 1.82) is 0 Å². The van der Waals surface area contributed by atoms with Crippen molar-refractivity contribution in [3.8, 4) is 0 Å². The van der Waals surface area contributed by atoms with Gasteiger partial charge >= 0.3 is 0 Å². The van der Waals surface area contributed by atoms with Crippen molar-refractivity contribution in [3.63, 3.8) is 0 Å². The van der Waals surface area contributed by atoms with Crippen LogP contribution in [-0.4, -0.2) is 22.4 Å². The minimum Gasteiger partial charge on any atom is -0.382 e. The fourth-order valence-corrected chi connectivity index (χ4v) is 4.24. The molecule has 0 aromatic heterocycles. The first kappa shape index (κ1) is 19.1. The zero-order chi connectivity index (χ0) is 17.2. The minimum absolute atomic E-state index is 0.236. The highest BCUT2D eigenvalue weighted by molar-refractivity contribution is 8.00. The highest BCUT2D eigenvalue weighted by Crippen LogP contribution is 2.29. The lowest BCUT2D eigenvalue weighted by Crippen LogP contribution is -2.30. The molecule has 4 nitrogen and oxygen atoms in total. The van der Waals surface area contributed by atoms with Gasteiger partial charge in [0.25, 0.3) is 5.91 Å². The van der Waals surface area contributed by atoms with E-state index in [0.29, 0.717) is 6.04 Å². The molecule has 1 unspecified atom stereocenters. The van der Waals surface area contributed by atoms with Crippen LogP contribution in [0.15, 0.2) is 29.2 Å². The zero-order valence-corrected chi connectivity index (χ0v) is 15.4. The molecular weight excluding hydrogens is 320 g/mol. The number of thioether (sulfide) groups is 1. The first-order chi connectivity index (χ1) is 11.7. The smallest absolute Gasteiger partial charge is 0.256 e. The van der Waals surface area contributed by atoms with Crippen molar-refractivity contribution in [3.05, 3.63) is 24.3 Å². The predicted molar refractivity (Wildman–Crippen MR) is 101 cm³/mol. The number of anilines is 1. The lowest BCUT2D eigenvalue weighted by molar-refractivity contribution is -0.128. The van der Waals surface area contributed by atoms with E-state index in [1.165, 1.54) is 50.3 Å². The largest absolute Gasteiger partial charge is 0.382 e. The number of hydrogen-bond donors (Lipinski definition) is 3. The molecule has 0 radical (unpaired) electrons. The van der Waals surface area contributed by atoms with Gasteiger partial charge in [0.2, 0.25) is 0 Å². The van der Waals surface area contributed by atoms with Crippen LogP contribution in [0.25, 0.3) is 0 Å². The molecule has 0 saturated heterocycles. The SMILES string of the molecule is CCCCCCC(Sc1ccc(NC2CCCC2)cc1)C(=O)NO. The Morgan fingerprint density at radius 2 is 1.92 bits per heavy atom. The van der Waals surface area contributed by atoms with Crippen molar-refractivity contribution in [2.75, 3.05) is 5.32 Å². The van der Waals surface area contributed by atoms with E-state index >= 15 is 0 Å².